The van der Waals surface area contributed by atoms with E-state index >= 15 is 0 Å². The van der Waals surface area contributed by atoms with E-state index in [-0.39, 0.29) is 35.6 Å². The second-order valence-corrected chi connectivity index (χ2v) is 4.00. The van der Waals surface area contributed by atoms with E-state index in [1.54, 1.807) is 0 Å². The van der Waals surface area contributed by atoms with Gasteiger partial charge in [-0.1, -0.05) is 0 Å². The van der Waals surface area contributed by atoms with Crippen molar-refractivity contribution >= 4 is 23.9 Å². The molecule has 0 fully saturated rings. The number of carboxylic acids is 4. The van der Waals surface area contributed by atoms with Gasteiger partial charge in [0.25, 0.3) is 0 Å². The third-order valence-electron chi connectivity index (χ3n) is 2.17. The van der Waals surface area contributed by atoms with Crippen molar-refractivity contribution in [2.45, 2.75) is 0 Å². The molecular formula is C10H16CuN2O9. The average molecular weight is 372 g/mol. The fourth-order valence-electron chi connectivity index (χ4n) is 1.48. The maximum absolute atomic E-state index is 10.6. The Bertz CT molecular complexity index is 323. The fraction of sp³-hybridized carbons (Fsp3) is 0.600. The molecule has 0 rings (SSSR count). The predicted octanol–water partition coefficient (Wildman–Crippen LogP) is -2.19. The quantitative estimate of drug-likeness (QED) is 0.291. The zero-order valence-electron chi connectivity index (χ0n) is 11.3. The Morgan fingerprint density at radius 2 is 0.773 bits per heavy atom. The van der Waals surface area contributed by atoms with Crippen molar-refractivity contribution in [3.05, 3.63) is 0 Å². The first-order valence-electron chi connectivity index (χ1n) is 5.52. The summed E-state index contributed by atoms with van der Waals surface area (Å²) in [5.74, 6) is -4.91. The number of hydrogen-bond acceptors (Lipinski definition) is 6. The second kappa shape index (κ2) is 13.0. The van der Waals surface area contributed by atoms with Crippen molar-refractivity contribution in [3.63, 3.8) is 0 Å². The van der Waals surface area contributed by atoms with Crippen LogP contribution in [0.1, 0.15) is 0 Å². The summed E-state index contributed by atoms with van der Waals surface area (Å²) in [6.07, 6.45) is 0. The number of carbonyl (C=O) groups is 4. The van der Waals surface area contributed by atoms with E-state index in [1.165, 1.54) is 0 Å². The van der Waals surface area contributed by atoms with Crippen LogP contribution in [-0.2, 0) is 41.7 Å². The van der Waals surface area contributed by atoms with Gasteiger partial charge in [-0.25, -0.2) is 0 Å². The smallest absolute Gasteiger partial charge is 2.00 e. The molecule has 0 bridgehead atoms. The van der Waals surface area contributed by atoms with Gasteiger partial charge in [-0.15, -0.1) is 0 Å². The fourth-order valence-corrected chi connectivity index (χ4v) is 1.48. The molecule has 0 atom stereocenters. The Morgan fingerprint density at radius 1 is 0.591 bits per heavy atom. The first-order valence-corrected chi connectivity index (χ1v) is 5.52. The van der Waals surface area contributed by atoms with E-state index in [1.807, 2.05) is 0 Å². The van der Waals surface area contributed by atoms with E-state index < -0.39 is 50.1 Å². The van der Waals surface area contributed by atoms with Gasteiger partial charge in [0.15, 0.2) is 0 Å². The summed E-state index contributed by atoms with van der Waals surface area (Å²) in [7, 11) is 0. The number of hydrogen-bond donors (Lipinski definition) is 4. The zero-order chi connectivity index (χ0) is 15.7. The van der Waals surface area contributed by atoms with Crippen LogP contribution in [-0.4, -0.2) is 93.4 Å². The average Bonchev–Trinajstić information content (AvgIpc) is 2.22. The van der Waals surface area contributed by atoms with Gasteiger partial charge in [0.2, 0.25) is 0 Å². The van der Waals surface area contributed by atoms with Gasteiger partial charge in [0.05, 0.1) is 26.2 Å². The van der Waals surface area contributed by atoms with Gasteiger partial charge >= 0.3 is 40.9 Å². The van der Waals surface area contributed by atoms with Gasteiger partial charge in [-0.3, -0.25) is 29.0 Å². The van der Waals surface area contributed by atoms with E-state index in [0.717, 1.165) is 9.80 Å². The molecule has 0 aliphatic heterocycles. The third-order valence-corrected chi connectivity index (χ3v) is 2.17. The maximum Gasteiger partial charge on any atom is 2.00 e. The summed E-state index contributed by atoms with van der Waals surface area (Å²) in [6, 6.07) is 0. The molecule has 4 N–H and O–H groups in total. The topological polar surface area (TPSA) is 184 Å². The van der Waals surface area contributed by atoms with Gasteiger partial charge < -0.3 is 25.9 Å². The van der Waals surface area contributed by atoms with Crippen molar-refractivity contribution in [2.24, 2.45) is 0 Å². The van der Waals surface area contributed by atoms with Crippen LogP contribution in [0.15, 0.2) is 0 Å². The van der Waals surface area contributed by atoms with Crippen LogP contribution in [0.5, 0.6) is 0 Å². The molecule has 0 unspecified atom stereocenters. The monoisotopic (exact) mass is 371 g/mol. The van der Waals surface area contributed by atoms with Crippen LogP contribution in [0.3, 0.4) is 0 Å². The molecule has 0 aromatic carbocycles. The SMILES string of the molecule is O=C(O)CN(CCN(CC(=O)O)CC(=O)O)CC(=O)O.[Cu+2].[O-2]. The van der Waals surface area contributed by atoms with Crippen molar-refractivity contribution < 1.29 is 62.1 Å². The van der Waals surface area contributed by atoms with E-state index in [2.05, 4.69) is 0 Å². The Morgan fingerprint density at radius 3 is 0.909 bits per heavy atom. The molecular weight excluding hydrogens is 356 g/mol. The molecule has 12 heteroatoms. The molecule has 0 saturated heterocycles. The Balaban J connectivity index is -0.00000180. The number of nitrogens with zero attached hydrogens (tertiary/aromatic N) is 2. The summed E-state index contributed by atoms with van der Waals surface area (Å²) in [6.45, 7) is -2.25. The number of aliphatic carboxylic acids is 4. The van der Waals surface area contributed by atoms with Gasteiger partial charge in [-0.05, 0) is 0 Å². The summed E-state index contributed by atoms with van der Waals surface area (Å²) in [5, 5.41) is 34.5. The molecule has 0 aliphatic carbocycles. The Labute approximate surface area is 135 Å². The molecule has 0 saturated carbocycles. The molecule has 0 amide bonds. The van der Waals surface area contributed by atoms with E-state index in [0.29, 0.717) is 0 Å². The van der Waals surface area contributed by atoms with Crippen LogP contribution in [0.4, 0.5) is 0 Å². The first kappa shape index (κ1) is 25.2. The Hall–Kier alpha value is -1.72. The molecule has 22 heavy (non-hydrogen) atoms. The first-order chi connectivity index (χ1) is 9.20. The van der Waals surface area contributed by atoms with Crippen molar-refractivity contribution in [2.75, 3.05) is 39.3 Å². The zero-order valence-corrected chi connectivity index (χ0v) is 12.2. The molecule has 0 aromatic rings. The maximum atomic E-state index is 10.6. The van der Waals surface area contributed by atoms with Crippen LogP contribution in [0.2, 0.25) is 0 Å². The number of rotatable bonds is 11. The summed E-state index contributed by atoms with van der Waals surface area (Å²) in [4.78, 5) is 44.4. The summed E-state index contributed by atoms with van der Waals surface area (Å²) < 4.78 is 0. The second-order valence-electron chi connectivity index (χ2n) is 4.00. The molecule has 1 radical (unpaired) electrons. The van der Waals surface area contributed by atoms with E-state index in [9.17, 15) is 19.2 Å². The van der Waals surface area contributed by atoms with Crippen LogP contribution < -0.4 is 0 Å². The molecule has 131 valence electrons. The van der Waals surface area contributed by atoms with Crippen molar-refractivity contribution in [1.82, 2.24) is 9.80 Å². The molecule has 0 aromatic heterocycles. The largest absolute Gasteiger partial charge is 2.00 e. The third kappa shape index (κ3) is 14.7. The van der Waals surface area contributed by atoms with Crippen LogP contribution in [0.25, 0.3) is 0 Å². The van der Waals surface area contributed by atoms with Crippen LogP contribution in [0, 0.1) is 0 Å². The van der Waals surface area contributed by atoms with Crippen molar-refractivity contribution in [3.8, 4) is 0 Å². The predicted molar refractivity (Wildman–Crippen MR) is 64.1 cm³/mol. The summed E-state index contributed by atoms with van der Waals surface area (Å²) in [5.41, 5.74) is 0. The normalized spacial score (nSPS) is 9.73. The Kier molecular flexibility index (Phi) is 14.9. The standard InChI is InChI=1S/C10H16N2O8.Cu.O/c13-7(14)3-11(4-8(15)16)1-2-12(5-9(17)18)6-10(19)20;;/h1-6H2,(H,13,14)(H,15,16)(H,17,18)(H,19,20);;/q;+2;-2. The van der Waals surface area contributed by atoms with Gasteiger partial charge in [-0.2, -0.15) is 0 Å². The van der Waals surface area contributed by atoms with Crippen molar-refractivity contribution in [1.29, 1.82) is 0 Å². The van der Waals surface area contributed by atoms with Crippen LogP contribution >= 0.6 is 0 Å². The minimum atomic E-state index is -1.23. The van der Waals surface area contributed by atoms with E-state index in [4.69, 9.17) is 20.4 Å². The number of carboxylic acid groups (broad SMARTS) is 4. The van der Waals surface area contributed by atoms with Gasteiger partial charge in [0.1, 0.15) is 0 Å². The molecule has 0 heterocycles. The minimum absolute atomic E-state index is 0. The molecule has 0 aliphatic rings. The minimum Gasteiger partial charge on any atom is -2.00 e. The van der Waals surface area contributed by atoms with Gasteiger partial charge in [0, 0.05) is 13.1 Å². The summed E-state index contributed by atoms with van der Waals surface area (Å²) >= 11 is 0. The molecule has 0 spiro atoms. The molecule has 11 nitrogen and oxygen atoms in total.